The first kappa shape index (κ1) is 23.4. The van der Waals surface area contributed by atoms with E-state index in [0.29, 0.717) is 18.0 Å². The second-order valence-corrected chi connectivity index (χ2v) is 9.03. The van der Waals surface area contributed by atoms with Crippen LogP contribution in [0.4, 0.5) is 4.39 Å². The summed E-state index contributed by atoms with van der Waals surface area (Å²) in [5.41, 5.74) is 0. The Balaban J connectivity index is 2.42. The number of sulfone groups is 1. The van der Waals surface area contributed by atoms with Crippen LogP contribution < -0.4 is 10.6 Å². The minimum atomic E-state index is -3.68. The normalized spacial score (nSPS) is 12.9. The van der Waals surface area contributed by atoms with Crippen molar-refractivity contribution in [3.8, 4) is 0 Å². The summed E-state index contributed by atoms with van der Waals surface area (Å²) in [6.07, 6.45) is 0.949. The second-order valence-electron chi connectivity index (χ2n) is 6.95. The lowest BCUT2D eigenvalue weighted by molar-refractivity contribution is 0.173. The molecule has 0 aromatic heterocycles. The molecule has 0 radical (unpaired) electrons. The molecule has 1 aromatic rings. The number of hydrogen-bond acceptors (Lipinski definition) is 4. The van der Waals surface area contributed by atoms with E-state index in [2.05, 4.69) is 48.2 Å². The van der Waals surface area contributed by atoms with Gasteiger partial charge in [0.15, 0.2) is 15.8 Å². The smallest absolute Gasteiger partial charge is 0.191 e. The Kier molecular flexibility index (Phi) is 9.73. The van der Waals surface area contributed by atoms with Crippen molar-refractivity contribution in [2.45, 2.75) is 51.1 Å². The summed E-state index contributed by atoms with van der Waals surface area (Å²) in [6.45, 7) is 10.6. The van der Waals surface area contributed by atoms with Crippen molar-refractivity contribution >= 4 is 15.8 Å². The average Bonchev–Trinajstić information content (AvgIpc) is 2.59. The molecule has 0 atom stereocenters. The van der Waals surface area contributed by atoms with E-state index in [4.69, 9.17) is 0 Å². The first-order valence-electron chi connectivity index (χ1n) is 9.36. The highest BCUT2D eigenvalue weighted by Gasteiger charge is 2.18. The molecule has 0 bridgehead atoms. The first-order valence-corrected chi connectivity index (χ1v) is 11.0. The number of nitrogens with one attached hydrogen (secondary N) is 2. The highest BCUT2D eigenvalue weighted by molar-refractivity contribution is 7.91. The molecule has 2 N–H and O–H groups in total. The van der Waals surface area contributed by atoms with Crippen molar-refractivity contribution in [2.75, 3.05) is 32.4 Å². The van der Waals surface area contributed by atoms with E-state index in [1.165, 1.54) is 18.2 Å². The van der Waals surface area contributed by atoms with Gasteiger partial charge in [-0.15, -0.1) is 0 Å². The number of rotatable bonds is 10. The minimum Gasteiger partial charge on any atom is -0.356 e. The first-order chi connectivity index (χ1) is 12.7. The number of hydrogen-bond donors (Lipinski definition) is 2. The van der Waals surface area contributed by atoms with Crippen LogP contribution in [0.2, 0.25) is 0 Å². The van der Waals surface area contributed by atoms with Gasteiger partial charge in [0.2, 0.25) is 0 Å². The number of halogens is 1. The van der Waals surface area contributed by atoms with Gasteiger partial charge in [0.05, 0.1) is 5.75 Å². The number of nitrogens with zero attached hydrogens (tertiary/aromatic N) is 2. The molecule has 0 aliphatic heterocycles. The molecule has 1 rings (SSSR count). The SMILES string of the molecule is CN=C(NCCCN(C(C)C)C(C)C)NCCS(=O)(=O)c1ccccc1F. The van der Waals surface area contributed by atoms with E-state index in [9.17, 15) is 12.8 Å². The summed E-state index contributed by atoms with van der Waals surface area (Å²) in [4.78, 5) is 6.25. The monoisotopic (exact) mass is 400 g/mol. The molecule has 0 heterocycles. The molecule has 0 spiro atoms. The summed E-state index contributed by atoms with van der Waals surface area (Å²) >= 11 is 0. The Hall–Kier alpha value is -1.67. The maximum atomic E-state index is 13.7. The van der Waals surface area contributed by atoms with Gasteiger partial charge >= 0.3 is 0 Å². The van der Waals surface area contributed by atoms with E-state index in [-0.39, 0.29) is 17.2 Å². The van der Waals surface area contributed by atoms with Gasteiger partial charge in [-0.05, 0) is 46.2 Å². The molecule has 0 saturated carbocycles. The summed E-state index contributed by atoms with van der Waals surface area (Å²) in [7, 11) is -2.04. The van der Waals surface area contributed by atoms with Crippen LogP contribution in [0.25, 0.3) is 0 Å². The van der Waals surface area contributed by atoms with Gasteiger partial charge in [0.25, 0.3) is 0 Å². The molecule has 154 valence electrons. The zero-order valence-electron chi connectivity index (χ0n) is 17.0. The molecule has 0 fully saturated rings. The maximum absolute atomic E-state index is 13.7. The van der Waals surface area contributed by atoms with Crippen LogP contribution >= 0.6 is 0 Å². The zero-order valence-corrected chi connectivity index (χ0v) is 17.8. The van der Waals surface area contributed by atoms with Gasteiger partial charge in [-0.2, -0.15) is 0 Å². The topological polar surface area (TPSA) is 73.8 Å². The van der Waals surface area contributed by atoms with Crippen LogP contribution in [0.1, 0.15) is 34.1 Å². The second kappa shape index (κ2) is 11.2. The van der Waals surface area contributed by atoms with Crippen LogP contribution in [0.3, 0.4) is 0 Å². The van der Waals surface area contributed by atoms with Crippen molar-refractivity contribution in [3.05, 3.63) is 30.1 Å². The van der Waals surface area contributed by atoms with Gasteiger partial charge < -0.3 is 10.6 Å². The fraction of sp³-hybridized carbons (Fsp3) is 0.632. The van der Waals surface area contributed by atoms with Gasteiger partial charge in [-0.3, -0.25) is 9.89 Å². The van der Waals surface area contributed by atoms with Gasteiger partial charge in [0.1, 0.15) is 10.7 Å². The third-order valence-corrected chi connectivity index (χ3v) is 6.01. The van der Waals surface area contributed by atoms with Crippen molar-refractivity contribution in [3.63, 3.8) is 0 Å². The highest BCUT2D eigenvalue weighted by atomic mass is 32.2. The molecule has 0 saturated heterocycles. The van der Waals surface area contributed by atoms with E-state index >= 15 is 0 Å². The van der Waals surface area contributed by atoms with Crippen molar-refractivity contribution in [1.82, 2.24) is 15.5 Å². The molecule has 8 heteroatoms. The van der Waals surface area contributed by atoms with Crippen LogP contribution in [-0.4, -0.2) is 63.8 Å². The Morgan fingerprint density at radius 1 is 1.11 bits per heavy atom. The van der Waals surface area contributed by atoms with Crippen LogP contribution in [0.15, 0.2) is 34.2 Å². The lowest BCUT2D eigenvalue weighted by Crippen LogP contribution is -2.42. The maximum Gasteiger partial charge on any atom is 0.191 e. The van der Waals surface area contributed by atoms with Crippen LogP contribution in [-0.2, 0) is 9.84 Å². The third-order valence-electron chi connectivity index (χ3n) is 4.27. The largest absolute Gasteiger partial charge is 0.356 e. The summed E-state index contributed by atoms with van der Waals surface area (Å²) in [6, 6.07) is 6.40. The fourth-order valence-corrected chi connectivity index (χ4v) is 4.15. The van der Waals surface area contributed by atoms with Crippen molar-refractivity contribution < 1.29 is 12.8 Å². The average molecular weight is 401 g/mol. The molecule has 0 unspecified atom stereocenters. The third kappa shape index (κ3) is 7.84. The van der Waals surface area contributed by atoms with Gasteiger partial charge in [0, 0.05) is 38.8 Å². The van der Waals surface area contributed by atoms with E-state index in [1.807, 2.05) is 0 Å². The Labute approximate surface area is 163 Å². The predicted molar refractivity (Wildman–Crippen MR) is 109 cm³/mol. The molecule has 0 aliphatic rings. The molecule has 1 aromatic carbocycles. The molecular weight excluding hydrogens is 367 g/mol. The lowest BCUT2D eigenvalue weighted by atomic mass is 10.2. The van der Waals surface area contributed by atoms with Crippen LogP contribution in [0.5, 0.6) is 0 Å². The predicted octanol–water partition coefficient (Wildman–Crippen LogP) is 2.27. The molecule has 6 nitrogen and oxygen atoms in total. The summed E-state index contributed by atoms with van der Waals surface area (Å²) in [5.74, 6) is -0.387. The molecule has 0 aliphatic carbocycles. The molecule has 27 heavy (non-hydrogen) atoms. The summed E-state index contributed by atoms with van der Waals surface area (Å²) in [5, 5.41) is 6.16. The van der Waals surface area contributed by atoms with Crippen molar-refractivity contribution in [2.24, 2.45) is 4.99 Å². The number of benzene rings is 1. The molecular formula is C19H33FN4O2S. The number of aliphatic imine (C=N–C) groups is 1. The fourth-order valence-electron chi connectivity index (χ4n) is 2.91. The highest BCUT2D eigenvalue weighted by Crippen LogP contribution is 2.14. The molecule has 0 amide bonds. The Morgan fingerprint density at radius 2 is 1.70 bits per heavy atom. The Bertz CT molecular complexity index is 697. The summed E-state index contributed by atoms with van der Waals surface area (Å²) < 4.78 is 38.2. The quantitative estimate of drug-likeness (QED) is 0.358. The van der Waals surface area contributed by atoms with E-state index in [1.54, 1.807) is 7.05 Å². The van der Waals surface area contributed by atoms with E-state index in [0.717, 1.165) is 25.6 Å². The Morgan fingerprint density at radius 3 is 2.26 bits per heavy atom. The van der Waals surface area contributed by atoms with Crippen molar-refractivity contribution in [1.29, 1.82) is 0 Å². The van der Waals surface area contributed by atoms with Gasteiger partial charge in [-0.1, -0.05) is 12.1 Å². The minimum absolute atomic E-state index is 0.153. The standard InChI is InChI=1S/C19H33FN4O2S/c1-15(2)24(16(3)4)13-8-11-22-19(21-5)23-12-14-27(25,26)18-10-7-6-9-17(18)20/h6-7,9-10,15-16H,8,11-14H2,1-5H3,(H2,21,22,23). The number of guanidine groups is 1. The van der Waals surface area contributed by atoms with Gasteiger partial charge in [-0.25, -0.2) is 12.8 Å². The zero-order chi connectivity index (χ0) is 20.4. The van der Waals surface area contributed by atoms with E-state index < -0.39 is 15.7 Å². The lowest BCUT2D eigenvalue weighted by Gasteiger charge is -2.30. The van der Waals surface area contributed by atoms with Crippen LogP contribution in [0, 0.1) is 5.82 Å².